The zero-order chi connectivity index (χ0) is 24.5. The van der Waals surface area contributed by atoms with Gasteiger partial charge in [0, 0.05) is 13.0 Å². The summed E-state index contributed by atoms with van der Waals surface area (Å²) in [6.07, 6.45) is 9.44. The molecule has 35 heavy (non-hydrogen) atoms. The van der Waals surface area contributed by atoms with Gasteiger partial charge in [0.15, 0.2) is 5.76 Å². The second-order valence-electron chi connectivity index (χ2n) is 10.6. The number of hydrogen-bond acceptors (Lipinski definition) is 4. The Morgan fingerprint density at radius 3 is 2.49 bits per heavy atom. The monoisotopic (exact) mass is 476 g/mol. The summed E-state index contributed by atoms with van der Waals surface area (Å²) < 4.78 is 13.2. The first-order chi connectivity index (χ1) is 17.0. The quantitative estimate of drug-likeness (QED) is 0.251. The zero-order valence-electron chi connectivity index (χ0n) is 21.7. The molecule has 0 amide bonds. The predicted molar refractivity (Wildman–Crippen MR) is 141 cm³/mol. The Morgan fingerprint density at radius 2 is 1.77 bits per heavy atom. The van der Waals surface area contributed by atoms with Gasteiger partial charge >= 0.3 is 0 Å². The largest absolute Gasteiger partial charge is 0.493 e. The van der Waals surface area contributed by atoms with Crippen LogP contribution in [0.4, 0.5) is 0 Å². The molecule has 0 radical (unpaired) electrons. The first kappa shape index (κ1) is 25.5. The molecule has 2 aromatic carbocycles. The van der Waals surface area contributed by atoms with Crippen LogP contribution in [0.25, 0.3) is 0 Å². The van der Waals surface area contributed by atoms with E-state index in [-0.39, 0.29) is 5.92 Å². The fraction of sp³-hybridized carbons (Fsp3) is 0.500. The van der Waals surface area contributed by atoms with E-state index in [0.29, 0.717) is 12.5 Å². The molecule has 0 saturated heterocycles. The number of rotatable bonds is 12. The lowest BCUT2D eigenvalue weighted by molar-refractivity contribution is -0.904. The van der Waals surface area contributed by atoms with Crippen molar-refractivity contribution in [2.75, 3.05) is 34.3 Å². The highest BCUT2D eigenvalue weighted by molar-refractivity contribution is 5.27. The van der Waals surface area contributed by atoms with Gasteiger partial charge in [-0.15, -0.1) is 0 Å². The molecule has 5 heteroatoms. The van der Waals surface area contributed by atoms with E-state index in [9.17, 15) is 0 Å². The molecule has 1 aromatic heterocycles. The fourth-order valence-corrected chi connectivity index (χ4v) is 5.37. The van der Waals surface area contributed by atoms with Gasteiger partial charge in [-0.3, -0.25) is 0 Å². The van der Waals surface area contributed by atoms with E-state index in [4.69, 9.17) is 14.1 Å². The lowest BCUT2D eigenvalue weighted by Gasteiger charge is -2.29. The van der Waals surface area contributed by atoms with Crippen LogP contribution >= 0.6 is 0 Å². The van der Waals surface area contributed by atoms with E-state index in [0.717, 1.165) is 47.9 Å². The Kier molecular flexibility index (Phi) is 9.00. The summed E-state index contributed by atoms with van der Waals surface area (Å²) in [7, 11) is 6.47. The molecule has 0 aliphatic heterocycles. The van der Waals surface area contributed by atoms with Gasteiger partial charge in [0.1, 0.15) is 12.3 Å². The molecule has 1 fully saturated rings. The topological polar surface area (TPSA) is 47.3 Å². The van der Waals surface area contributed by atoms with Gasteiger partial charge in [-0.1, -0.05) is 61.7 Å². The number of benzene rings is 2. The van der Waals surface area contributed by atoms with Gasteiger partial charge in [-0.2, -0.15) is 0 Å². The molecule has 4 rings (SSSR count). The highest BCUT2D eigenvalue weighted by atomic mass is 16.5. The molecule has 1 aliphatic rings. The van der Waals surface area contributed by atoms with Crippen LogP contribution in [-0.2, 0) is 13.1 Å². The number of aromatic nitrogens is 1. The van der Waals surface area contributed by atoms with E-state index >= 15 is 0 Å². The lowest BCUT2D eigenvalue weighted by atomic mass is 9.77. The van der Waals surface area contributed by atoms with Crippen molar-refractivity contribution in [1.82, 2.24) is 10.3 Å². The minimum Gasteiger partial charge on any atom is -0.493 e. The second-order valence-corrected chi connectivity index (χ2v) is 10.6. The zero-order valence-corrected chi connectivity index (χ0v) is 21.7. The smallest absolute Gasteiger partial charge is 0.202 e. The average molecular weight is 477 g/mol. The first-order valence-electron chi connectivity index (χ1n) is 13.2. The van der Waals surface area contributed by atoms with Crippen LogP contribution in [-0.4, -0.2) is 43.8 Å². The van der Waals surface area contributed by atoms with E-state index in [1.54, 1.807) is 0 Å². The summed E-state index contributed by atoms with van der Waals surface area (Å²) >= 11 is 0. The maximum absolute atomic E-state index is 6.43. The maximum Gasteiger partial charge on any atom is 0.202 e. The average Bonchev–Trinajstić information content (AvgIpc) is 3.31. The summed E-state index contributed by atoms with van der Waals surface area (Å²) in [5.41, 5.74) is 2.60. The first-order valence-corrected chi connectivity index (χ1v) is 13.2. The summed E-state index contributed by atoms with van der Waals surface area (Å²) in [5, 5.41) is 3.17. The van der Waals surface area contributed by atoms with Crippen LogP contribution in [0.3, 0.4) is 0 Å². The highest BCUT2D eigenvalue weighted by Gasteiger charge is 2.31. The van der Waals surface area contributed by atoms with Crippen LogP contribution in [0.2, 0.25) is 0 Å². The van der Waals surface area contributed by atoms with E-state index in [1.807, 2.05) is 13.2 Å². The van der Waals surface area contributed by atoms with Crippen LogP contribution in [0.15, 0.2) is 65.2 Å². The van der Waals surface area contributed by atoms with Crippen molar-refractivity contribution in [2.24, 2.45) is 5.92 Å². The van der Waals surface area contributed by atoms with Crippen molar-refractivity contribution in [1.29, 1.82) is 0 Å². The summed E-state index contributed by atoms with van der Waals surface area (Å²) in [6.45, 7) is 3.44. The van der Waals surface area contributed by atoms with Gasteiger partial charge in [-0.25, -0.2) is 4.98 Å². The van der Waals surface area contributed by atoms with Crippen molar-refractivity contribution in [3.63, 3.8) is 0 Å². The Balaban J connectivity index is 1.32. The molecule has 1 atom stereocenters. The minimum atomic E-state index is 0.258. The van der Waals surface area contributed by atoms with Crippen LogP contribution in [0, 0.1) is 5.92 Å². The van der Waals surface area contributed by atoms with E-state index < -0.39 is 0 Å². The number of nitrogens with zero attached hydrogens (tertiary/aromatic N) is 2. The summed E-state index contributed by atoms with van der Waals surface area (Å²) in [4.78, 5) is 4.80. The predicted octanol–water partition coefficient (Wildman–Crippen LogP) is 6.15. The van der Waals surface area contributed by atoms with Crippen molar-refractivity contribution in [3.05, 3.63) is 83.6 Å². The summed E-state index contributed by atoms with van der Waals surface area (Å²) in [6, 6.07) is 19.2. The second kappa shape index (κ2) is 12.4. The van der Waals surface area contributed by atoms with Gasteiger partial charge < -0.3 is 19.0 Å². The van der Waals surface area contributed by atoms with Crippen molar-refractivity contribution in [3.8, 4) is 5.75 Å². The van der Waals surface area contributed by atoms with Crippen LogP contribution in [0.1, 0.15) is 67.2 Å². The number of ether oxygens (including phenoxy) is 1. The third-order valence-corrected chi connectivity index (χ3v) is 7.18. The van der Waals surface area contributed by atoms with E-state index in [2.05, 4.69) is 74.0 Å². The molecule has 0 bridgehead atoms. The Hall–Kier alpha value is -2.63. The van der Waals surface area contributed by atoms with Crippen molar-refractivity contribution < 1.29 is 13.6 Å². The van der Waals surface area contributed by atoms with Gasteiger partial charge in [0.2, 0.25) is 5.89 Å². The number of nitrogens with one attached hydrogen (secondary N) is 1. The maximum atomic E-state index is 6.43. The SMILES string of the molecule is CNCc1ccc(OCCC[N+](C)(C)Cc2cnc(C(c3ccccc3)C3CCCCC3)o2)cc1. The standard InChI is InChI=1S/C30H42N3O2/c1-31-21-24-15-17-27(18-16-24)34-20-10-19-33(2,3)23-28-22-32-30(35-28)29(25-11-6-4-7-12-25)26-13-8-5-9-14-26/h4,6-7,11-12,15-18,22,26,29,31H,5,8-10,13-14,19-21,23H2,1-3H3/q+1. The molecule has 3 aromatic rings. The lowest BCUT2D eigenvalue weighted by Crippen LogP contribution is -2.40. The van der Waals surface area contributed by atoms with Crippen molar-refractivity contribution >= 4 is 0 Å². The Labute approximate surface area is 211 Å². The van der Waals surface area contributed by atoms with Crippen LogP contribution in [0.5, 0.6) is 5.75 Å². The van der Waals surface area contributed by atoms with Crippen LogP contribution < -0.4 is 10.1 Å². The molecule has 1 unspecified atom stereocenters. The molecule has 1 N–H and O–H groups in total. The minimum absolute atomic E-state index is 0.258. The number of oxazole rings is 1. The van der Waals surface area contributed by atoms with Gasteiger partial charge in [0.25, 0.3) is 0 Å². The number of hydrogen-bond donors (Lipinski definition) is 1. The molecular weight excluding hydrogens is 434 g/mol. The van der Waals surface area contributed by atoms with E-state index in [1.165, 1.54) is 43.2 Å². The number of quaternary nitrogens is 1. The van der Waals surface area contributed by atoms with Gasteiger partial charge in [-0.05, 0) is 49.1 Å². The fourth-order valence-electron chi connectivity index (χ4n) is 5.37. The molecule has 0 spiro atoms. The van der Waals surface area contributed by atoms with Crippen molar-refractivity contribution in [2.45, 2.75) is 57.5 Å². The summed E-state index contributed by atoms with van der Waals surface area (Å²) in [5.74, 6) is 3.67. The molecule has 1 aliphatic carbocycles. The highest BCUT2D eigenvalue weighted by Crippen LogP contribution is 2.40. The molecule has 188 valence electrons. The third kappa shape index (κ3) is 7.42. The van der Waals surface area contributed by atoms with Gasteiger partial charge in [0.05, 0.1) is 39.4 Å². The normalized spacial score (nSPS) is 15.7. The third-order valence-electron chi connectivity index (χ3n) is 7.18. The Morgan fingerprint density at radius 1 is 1.03 bits per heavy atom. The molecule has 5 nitrogen and oxygen atoms in total. The molecule has 1 heterocycles. The molecular formula is C30H42N3O2+. The Bertz CT molecular complexity index is 1010. The molecule has 1 saturated carbocycles.